The number of carbonyl (C=O) groups is 2. The van der Waals surface area contributed by atoms with Gasteiger partial charge < -0.3 is 25.2 Å². The number of ether oxygens (including phenoxy) is 2. The van der Waals surface area contributed by atoms with Crippen molar-refractivity contribution in [3.05, 3.63) is 59.7 Å². The Morgan fingerprint density at radius 3 is 2.28 bits per heavy atom. The van der Waals surface area contributed by atoms with Crippen LogP contribution in [0.25, 0.3) is 0 Å². The number of nitrogens with one attached hydrogen (secondary N) is 3. The van der Waals surface area contributed by atoms with Gasteiger partial charge >= 0.3 is 6.09 Å². The van der Waals surface area contributed by atoms with Crippen LogP contribution < -0.4 is 20.1 Å². The molecule has 0 fully saturated rings. The molecule has 0 aliphatic carbocycles. The fourth-order valence-corrected chi connectivity index (χ4v) is 5.78. The highest BCUT2D eigenvalue weighted by molar-refractivity contribution is 7.89. The molecular weight excluding hydrogens is 570 g/mol. The summed E-state index contributed by atoms with van der Waals surface area (Å²) in [6, 6.07) is 12.3. The number of aliphatic hydroxyl groups is 1. The Bertz CT molecular complexity index is 1280. The maximum absolute atomic E-state index is 13.5. The van der Waals surface area contributed by atoms with Crippen LogP contribution in [0.4, 0.5) is 4.79 Å². The molecule has 240 valence electrons. The minimum atomic E-state index is -4.00. The monoisotopic (exact) mass is 619 g/mol. The molecular formula is C32H49N3O7S. The number of aliphatic hydroxyl groups excluding tert-OH is 1. The number of unbranched alkanes of at least 4 members (excludes halogenated alkanes) is 1. The van der Waals surface area contributed by atoms with Gasteiger partial charge in [-0.15, -0.1) is 0 Å². The molecule has 0 aliphatic heterocycles. The summed E-state index contributed by atoms with van der Waals surface area (Å²) < 4.78 is 39.9. The summed E-state index contributed by atoms with van der Waals surface area (Å²) in [5.74, 6) is -0.177. The van der Waals surface area contributed by atoms with E-state index < -0.39 is 45.8 Å². The van der Waals surface area contributed by atoms with Gasteiger partial charge in [0.25, 0.3) is 0 Å². The van der Waals surface area contributed by atoms with Gasteiger partial charge in [-0.2, -0.15) is 0 Å². The molecule has 11 heteroatoms. The zero-order valence-electron chi connectivity index (χ0n) is 26.5. The van der Waals surface area contributed by atoms with Crippen LogP contribution in [0.1, 0.15) is 71.9 Å². The van der Waals surface area contributed by atoms with Gasteiger partial charge in [-0.05, 0) is 75.3 Å². The highest BCUT2D eigenvalue weighted by atomic mass is 32.2. The topological polar surface area (TPSA) is 143 Å². The second-order valence-electron chi connectivity index (χ2n) is 11.8. The van der Waals surface area contributed by atoms with Crippen LogP contribution in [-0.4, -0.2) is 63.0 Å². The number of hydrogen-bond donors (Lipinski definition) is 4. The van der Waals surface area contributed by atoms with E-state index in [4.69, 9.17) is 9.47 Å². The fourth-order valence-electron chi connectivity index (χ4n) is 4.48. The SMILES string of the molecule is CCCCc1cc(OC)ccc1S(=O)(=O)NC[C@@H](O)[C@H](Cc1ccccc1)NC(=O)[C@@H](NC(=O)OC(C)(C)C)[C@@H](C)CC. The fraction of sp³-hybridized carbons (Fsp3) is 0.562. The number of amides is 2. The van der Waals surface area contributed by atoms with Crippen molar-refractivity contribution in [3.8, 4) is 5.75 Å². The zero-order valence-corrected chi connectivity index (χ0v) is 27.3. The van der Waals surface area contributed by atoms with E-state index >= 15 is 0 Å². The molecule has 0 aliphatic rings. The summed E-state index contributed by atoms with van der Waals surface area (Å²) in [5, 5.41) is 16.8. The van der Waals surface area contributed by atoms with Gasteiger partial charge in [-0.25, -0.2) is 17.9 Å². The number of alkyl carbamates (subject to hydrolysis) is 1. The van der Waals surface area contributed by atoms with Gasteiger partial charge in [0, 0.05) is 6.54 Å². The summed E-state index contributed by atoms with van der Waals surface area (Å²) in [6.07, 6.45) is 1.08. The minimum Gasteiger partial charge on any atom is -0.497 e. The third-order valence-electron chi connectivity index (χ3n) is 7.10. The molecule has 2 rings (SSSR count). The summed E-state index contributed by atoms with van der Waals surface area (Å²) in [7, 11) is -2.47. The van der Waals surface area contributed by atoms with E-state index in [2.05, 4.69) is 15.4 Å². The van der Waals surface area contributed by atoms with Crippen LogP contribution in [0.3, 0.4) is 0 Å². The van der Waals surface area contributed by atoms with Gasteiger partial charge in [0.15, 0.2) is 0 Å². The third kappa shape index (κ3) is 11.8. The summed E-state index contributed by atoms with van der Waals surface area (Å²) in [5.41, 5.74) is 0.721. The van der Waals surface area contributed by atoms with E-state index in [-0.39, 0.29) is 23.8 Å². The molecule has 43 heavy (non-hydrogen) atoms. The number of hydrogen-bond acceptors (Lipinski definition) is 7. The van der Waals surface area contributed by atoms with Crippen LogP contribution >= 0.6 is 0 Å². The Labute approximate surface area is 257 Å². The lowest BCUT2D eigenvalue weighted by Gasteiger charge is -2.30. The highest BCUT2D eigenvalue weighted by Gasteiger charge is 2.32. The second-order valence-corrected chi connectivity index (χ2v) is 13.5. The first kappa shape index (κ1) is 36.0. The van der Waals surface area contributed by atoms with Gasteiger partial charge in [-0.3, -0.25) is 4.79 Å². The molecule has 0 heterocycles. The Kier molecular flexibility index (Phi) is 13.9. The van der Waals surface area contributed by atoms with E-state index in [0.29, 0.717) is 24.2 Å². The summed E-state index contributed by atoms with van der Waals surface area (Å²) in [6.45, 7) is 10.6. The van der Waals surface area contributed by atoms with Crippen molar-refractivity contribution in [2.45, 2.75) is 102 Å². The number of methoxy groups -OCH3 is 1. The lowest BCUT2D eigenvalue weighted by atomic mass is 9.96. The van der Waals surface area contributed by atoms with Crippen molar-refractivity contribution in [3.63, 3.8) is 0 Å². The van der Waals surface area contributed by atoms with E-state index in [1.54, 1.807) is 32.9 Å². The average molecular weight is 620 g/mol. The molecule has 10 nitrogen and oxygen atoms in total. The molecule has 2 aromatic carbocycles. The lowest BCUT2D eigenvalue weighted by molar-refractivity contribution is -0.126. The molecule has 4 N–H and O–H groups in total. The number of benzene rings is 2. The molecule has 0 radical (unpaired) electrons. The van der Waals surface area contributed by atoms with E-state index in [1.807, 2.05) is 51.1 Å². The summed E-state index contributed by atoms with van der Waals surface area (Å²) in [4.78, 5) is 26.2. The van der Waals surface area contributed by atoms with Crippen LogP contribution in [0, 0.1) is 5.92 Å². The zero-order chi connectivity index (χ0) is 32.2. The van der Waals surface area contributed by atoms with E-state index in [9.17, 15) is 23.1 Å². The van der Waals surface area contributed by atoms with Crippen LogP contribution in [0.5, 0.6) is 5.75 Å². The largest absolute Gasteiger partial charge is 0.497 e. The van der Waals surface area contributed by atoms with Crippen molar-refractivity contribution in [2.75, 3.05) is 13.7 Å². The quantitative estimate of drug-likeness (QED) is 0.219. The van der Waals surface area contributed by atoms with Crippen molar-refractivity contribution >= 4 is 22.0 Å². The average Bonchev–Trinajstić information content (AvgIpc) is 2.96. The number of sulfonamides is 1. The van der Waals surface area contributed by atoms with Crippen LogP contribution in [-0.2, 0) is 32.4 Å². The molecule has 0 unspecified atom stereocenters. The first-order valence-electron chi connectivity index (χ1n) is 14.9. The molecule has 0 spiro atoms. The number of carbonyl (C=O) groups excluding carboxylic acids is 2. The highest BCUT2D eigenvalue weighted by Crippen LogP contribution is 2.24. The number of rotatable bonds is 16. The molecule has 4 atom stereocenters. The summed E-state index contributed by atoms with van der Waals surface area (Å²) >= 11 is 0. The van der Waals surface area contributed by atoms with Gasteiger partial charge in [-0.1, -0.05) is 63.9 Å². The number of aryl methyl sites for hydroxylation is 1. The molecule has 0 saturated carbocycles. The van der Waals surface area contributed by atoms with Crippen molar-refractivity contribution < 1.29 is 32.6 Å². The van der Waals surface area contributed by atoms with Crippen molar-refractivity contribution in [2.24, 2.45) is 5.92 Å². The van der Waals surface area contributed by atoms with Crippen LogP contribution in [0.15, 0.2) is 53.4 Å². The Balaban J connectivity index is 2.28. The normalized spacial score (nSPS) is 14.7. The van der Waals surface area contributed by atoms with Gasteiger partial charge in [0.2, 0.25) is 15.9 Å². The smallest absolute Gasteiger partial charge is 0.408 e. The minimum absolute atomic E-state index is 0.121. The predicted molar refractivity (Wildman–Crippen MR) is 167 cm³/mol. The lowest BCUT2D eigenvalue weighted by Crippen LogP contribution is -2.57. The van der Waals surface area contributed by atoms with E-state index in [1.165, 1.54) is 13.2 Å². The Morgan fingerprint density at radius 2 is 1.70 bits per heavy atom. The third-order valence-corrected chi connectivity index (χ3v) is 8.62. The van der Waals surface area contributed by atoms with Crippen molar-refractivity contribution in [1.29, 1.82) is 0 Å². The first-order chi connectivity index (χ1) is 20.2. The molecule has 2 amide bonds. The van der Waals surface area contributed by atoms with E-state index in [0.717, 1.165) is 18.4 Å². The van der Waals surface area contributed by atoms with Gasteiger partial charge in [0.1, 0.15) is 17.4 Å². The standard InChI is InChI=1S/C32H49N3O7S/c1-8-10-16-24-20-25(41-7)17-18-28(24)43(39,40)33-21-27(36)26(19-23-14-12-11-13-15-23)34-30(37)29(22(3)9-2)35-31(38)42-32(4,5)6/h11-15,17-18,20,22,26-27,29,33,36H,8-10,16,19,21H2,1-7H3,(H,34,37)(H,35,38)/t22-,26-,27+,29-/m0/s1. The van der Waals surface area contributed by atoms with Gasteiger partial charge in [0.05, 0.1) is 24.2 Å². The first-order valence-corrected chi connectivity index (χ1v) is 16.4. The second kappa shape index (κ2) is 16.6. The molecule has 0 aromatic heterocycles. The Hall–Kier alpha value is -3.15. The van der Waals surface area contributed by atoms with Crippen molar-refractivity contribution in [1.82, 2.24) is 15.4 Å². The molecule has 2 aromatic rings. The molecule has 0 bridgehead atoms. The van der Waals surface area contributed by atoms with Crippen LogP contribution in [0.2, 0.25) is 0 Å². The maximum atomic E-state index is 13.5. The Morgan fingerprint density at radius 1 is 1.02 bits per heavy atom. The molecule has 0 saturated heterocycles. The maximum Gasteiger partial charge on any atom is 0.408 e. The predicted octanol–water partition coefficient (Wildman–Crippen LogP) is 4.34.